The largest absolute Gasteiger partial charge is 0.370 e. The van der Waals surface area contributed by atoms with Crippen molar-refractivity contribution in [3.05, 3.63) is 71.8 Å². The summed E-state index contributed by atoms with van der Waals surface area (Å²) in [5, 5.41) is 5.23. The maximum absolute atomic E-state index is 13.7. The number of primary amides is 1. The SMILES string of the molecule is [2H][C@@](CCCCN)(NC(=O)[C@@H](CC(=O)[C@@H](CCCN=C(N)N)NC(=O)[C@@H](N)Cc1ccccc1)Cc1ccccc1)C(N)=O. The van der Waals surface area contributed by atoms with Gasteiger partial charge in [-0.05, 0) is 62.6 Å². The molecule has 2 aromatic carbocycles. The van der Waals surface area contributed by atoms with Crippen molar-refractivity contribution in [2.45, 2.75) is 69.5 Å². The van der Waals surface area contributed by atoms with E-state index in [1.807, 2.05) is 48.5 Å². The van der Waals surface area contributed by atoms with Crippen LogP contribution in [-0.4, -0.2) is 60.7 Å². The molecule has 0 unspecified atom stereocenters. The minimum atomic E-state index is -2.07. The van der Waals surface area contributed by atoms with Gasteiger partial charge in [0.25, 0.3) is 0 Å². The molecule has 12 nitrogen and oxygen atoms in total. The number of benzene rings is 2. The van der Waals surface area contributed by atoms with Gasteiger partial charge < -0.3 is 39.3 Å². The molecule has 0 aromatic heterocycles. The second-order valence-electron chi connectivity index (χ2n) is 10.4. The van der Waals surface area contributed by atoms with Gasteiger partial charge in [0.2, 0.25) is 17.7 Å². The van der Waals surface area contributed by atoms with Crippen LogP contribution in [0.3, 0.4) is 0 Å². The number of rotatable bonds is 20. The Bertz CT molecular complexity index is 1240. The number of carbonyl (C=O) groups is 4. The van der Waals surface area contributed by atoms with Gasteiger partial charge in [0.05, 0.1) is 13.5 Å². The Morgan fingerprint density at radius 1 is 0.791 bits per heavy atom. The van der Waals surface area contributed by atoms with Crippen molar-refractivity contribution >= 4 is 29.5 Å². The van der Waals surface area contributed by atoms with Gasteiger partial charge in [0, 0.05) is 18.9 Å². The van der Waals surface area contributed by atoms with Crippen LogP contribution in [0.1, 0.15) is 51.0 Å². The van der Waals surface area contributed by atoms with E-state index in [9.17, 15) is 19.2 Å². The molecule has 0 heterocycles. The van der Waals surface area contributed by atoms with E-state index in [4.69, 9.17) is 30.0 Å². The first-order valence-electron chi connectivity index (χ1n) is 15.0. The van der Waals surface area contributed by atoms with Crippen LogP contribution in [-0.2, 0) is 32.0 Å². The van der Waals surface area contributed by atoms with Crippen LogP contribution < -0.4 is 39.3 Å². The number of nitrogens with one attached hydrogen (secondary N) is 2. The number of hydrogen-bond acceptors (Lipinski definition) is 7. The Balaban J connectivity index is 2.27. The van der Waals surface area contributed by atoms with Crippen LogP contribution in [0.4, 0.5) is 0 Å². The monoisotopic (exact) mass is 595 g/mol. The molecule has 0 saturated heterocycles. The first-order chi connectivity index (χ1) is 20.9. The van der Waals surface area contributed by atoms with Crippen LogP contribution in [0.2, 0.25) is 0 Å². The summed E-state index contributed by atoms with van der Waals surface area (Å²) in [5.74, 6) is -3.67. The molecule has 0 spiro atoms. The number of hydrogen-bond donors (Lipinski definition) is 7. The number of amides is 3. The lowest BCUT2D eigenvalue weighted by Gasteiger charge is -2.24. The third-order valence-corrected chi connectivity index (χ3v) is 6.88. The number of aliphatic imine (C=N–C) groups is 1. The van der Waals surface area contributed by atoms with E-state index in [0.717, 1.165) is 11.1 Å². The summed E-state index contributed by atoms with van der Waals surface area (Å²) >= 11 is 0. The van der Waals surface area contributed by atoms with Crippen molar-refractivity contribution in [2.24, 2.45) is 39.6 Å². The van der Waals surface area contributed by atoms with E-state index in [-0.39, 0.29) is 44.6 Å². The molecule has 0 radical (unpaired) electrons. The van der Waals surface area contributed by atoms with Crippen molar-refractivity contribution < 1.29 is 20.5 Å². The van der Waals surface area contributed by atoms with Crippen LogP contribution in [0.25, 0.3) is 0 Å². The molecule has 4 atom stereocenters. The van der Waals surface area contributed by atoms with Crippen LogP contribution in [0, 0.1) is 5.92 Å². The summed E-state index contributed by atoms with van der Waals surface area (Å²) in [5.41, 5.74) is 29.7. The van der Waals surface area contributed by atoms with Crippen molar-refractivity contribution in [1.29, 1.82) is 0 Å². The Kier molecular flexibility index (Phi) is 14.7. The smallest absolute Gasteiger partial charge is 0.239 e. The topological polar surface area (TPSA) is 235 Å². The molecule has 0 fully saturated rings. The van der Waals surface area contributed by atoms with Gasteiger partial charge in [-0.25, -0.2) is 0 Å². The molecule has 0 aliphatic rings. The lowest BCUT2D eigenvalue weighted by atomic mass is 9.89. The third kappa shape index (κ3) is 13.5. The number of nitrogens with zero attached hydrogens (tertiary/aromatic N) is 1. The minimum absolute atomic E-state index is 0.0277. The van der Waals surface area contributed by atoms with E-state index in [1.54, 1.807) is 12.1 Å². The quantitative estimate of drug-likeness (QED) is 0.0624. The fourth-order valence-electron chi connectivity index (χ4n) is 4.54. The van der Waals surface area contributed by atoms with Crippen LogP contribution in [0.5, 0.6) is 0 Å². The molecule has 2 rings (SSSR count). The van der Waals surface area contributed by atoms with Gasteiger partial charge in [-0.3, -0.25) is 24.2 Å². The van der Waals surface area contributed by atoms with E-state index in [2.05, 4.69) is 15.6 Å². The van der Waals surface area contributed by atoms with Gasteiger partial charge >= 0.3 is 0 Å². The number of ketones is 1. The number of Topliss-reactive ketones (excluding diaryl/α,β-unsaturated/α-hetero) is 1. The maximum atomic E-state index is 13.7. The molecule has 3 amide bonds. The average molecular weight is 596 g/mol. The summed E-state index contributed by atoms with van der Waals surface area (Å²) < 4.78 is 8.57. The second-order valence-corrected chi connectivity index (χ2v) is 10.4. The van der Waals surface area contributed by atoms with Crippen molar-refractivity contribution in [3.8, 4) is 0 Å². The summed E-state index contributed by atoms with van der Waals surface area (Å²) in [6.45, 7) is 0.591. The molecule has 234 valence electrons. The van der Waals surface area contributed by atoms with Gasteiger partial charge in [-0.15, -0.1) is 0 Å². The van der Waals surface area contributed by atoms with E-state index >= 15 is 0 Å². The molecule has 12 N–H and O–H groups in total. The molecule has 2 aromatic rings. The first-order valence-corrected chi connectivity index (χ1v) is 14.5. The van der Waals surface area contributed by atoms with Gasteiger partial charge in [0.15, 0.2) is 11.7 Å². The number of nitrogens with two attached hydrogens (primary N) is 5. The summed E-state index contributed by atoms with van der Waals surface area (Å²) in [4.78, 5) is 56.5. The molecule has 0 aliphatic carbocycles. The molecule has 0 bridgehead atoms. The summed E-state index contributed by atoms with van der Waals surface area (Å²) in [6, 6.07) is 14.3. The Morgan fingerprint density at radius 2 is 1.40 bits per heavy atom. The zero-order valence-electron chi connectivity index (χ0n) is 25.5. The zero-order valence-corrected chi connectivity index (χ0v) is 24.5. The normalized spacial score (nSPS) is 14.7. The Hall–Kier alpha value is -4.29. The van der Waals surface area contributed by atoms with Crippen molar-refractivity contribution in [2.75, 3.05) is 13.1 Å². The highest BCUT2D eigenvalue weighted by atomic mass is 16.2. The summed E-state index contributed by atoms with van der Waals surface area (Å²) in [6.07, 6.45) is 1.63. The van der Waals surface area contributed by atoms with Crippen molar-refractivity contribution in [3.63, 3.8) is 0 Å². The molecule has 0 saturated carbocycles. The van der Waals surface area contributed by atoms with Crippen LogP contribution in [0.15, 0.2) is 65.7 Å². The van der Waals surface area contributed by atoms with Gasteiger partial charge in [0.1, 0.15) is 6.02 Å². The molecule has 12 heteroatoms. The predicted molar refractivity (Wildman–Crippen MR) is 167 cm³/mol. The summed E-state index contributed by atoms with van der Waals surface area (Å²) in [7, 11) is 0. The van der Waals surface area contributed by atoms with Gasteiger partial charge in [-0.1, -0.05) is 60.7 Å². The Labute approximate surface area is 254 Å². The number of carbonyl (C=O) groups excluding carboxylic acids is 4. The lowest BCUT2D eigenvalue weighted by Crippen LogP contribution is -2.51. The van der Waals surface area contributed by atoms with E-state index in [1.165, 1.54) is 0 Å². The third-order valence-electron chi connectivity index (χ3n) is 6.88. The molecular weight excluding hydrogens is 548 g/mol. The first kappa shape index (κ1) is 33.2. The van der Waals surface area contributed by atoms with Gasteiger partial charge in [-0.2, -0.15) is 0 Å². The second kappa shape index (κ2) is 19.0. The molecule has 43 heavy (non-hydrogen) atoms. The minimum Gasteiger partial charge on any atom is -0.370 e. The lowest BCUT2D eigenvalue weighted by molar-refractivity contribution is -0.133. The molecule has 0 aliphatic heterocycles. The highest BCUT2D eigenvalue weighted by molar-refractivity contribution is 5.94. The Morgan fingerprint density at radius 3 is 1.95 bits per heavy atom. The number of unbranched alkanes of at least 4 members (excludes halogenated alkanes) is 1. The zero-order chi connectivity index (χ0) is 32.5. The van der Waals surface area contributed by atoms with Crippen LogP contribution >= 0.6 is 0 Å². The number of guanidine groups is 1. The fraction of sp³-hybridized carbons (Fsp3) is 0.452. The standard InChI is InChI=1S/C31H46N8O4/c32-16-8-7-14-26(28(34)41)39-29(42)23(18-21-10-3-1-4-11-21)20-27(40)25(15-9-17-37-31(35)36)38-30(43)24(33)19-22-12-5-2-6-13-22/h1-6,10-13,23-26H,7-9,14-20,32-33H2,(H2,34,41)(H,38,43)(H,39,42)(H4,35,36,37)/t23-,24+,25-,26+/m1/s1/i26D. The highest BCUT2D eigenvalue weighted by Crippen LogP contribution is 2.17. The maximum Gasteiger partial charge on any atom is 0.239 e. The predicted octanol–water partition coefficient (Wildman–Crippen LogP) is 0.0120. The van der Waals surface area contributed by atoms with Crippen molar-refractivity contribution in [1.82, 2.24) is 10.6 Å². The van der Waals surface area contributed by atoms with E-state index < -0.39 is 47.5 Å². The van der Waals surface area contributed by atoms with E-state index in [0.29, 0.717) is 25.8 Å². The fourth-order valence-corrected chi connectivity index (χ4v) is 4.54. The average Bonchev–Trinajstić information content (AvgIpc) is 2.99. The molecular formula is C31H46N8O4. The highest BCUT2D eigenvalue weighted by Gasteiger charge is 2.30.